The quantitative estimate of drug-likeness (QED) is 0.326. The first-order valence-electron chi connectivity index (χ1n) is 14.0. The van der Waals surface area contributed by atoms with Gasteiger partial charge in [0, 0.05) is 55.4 Å². The van der Waals surface area contributed by atoms with E-state index in [2.05, 4.69) is 51.8 Å². The van der Waals surface area contributed by atoms with Gasteiger partial charge in [0.2, 0.25) is 0 Å². The minimum atomic E-state index is -0.705. The standard InChI is InChI=1S/C33H39N5O2/c1-23-12-10-16-30(25(23)3)37-19-17-36(18-20-37)21-28(39)22-38(29-15-9-8-11-24(29)2)33(40)31-26(4)34-32(35-31)27-13-6-5-7-14-27/h5-16,28,39H,17-22H2,1-4H3,(H,34,35). The summed E-state index contributed by atoms with van der Waals surface area (Å²) in [5.41, 5.74) is 7.69. The van der Waals surface area contributed by atoms with Gasteiger partial charge in [-0.1, -0.05) is 60.7 Å². The molecule has 0 spiro atoms. The Bertz CT molecular complexity index is 1460. The van der Waals surface area contributed by atoms with Crippen molar-refractivity contribution in [3.05, 3.63) is 101 Å². The lowest BCUT2D eigenvalue weighted by molar-refractivity contribution is 0.0908. The van der Waals surface area contributed by atoms with Gasteiger partial charge < -0.3 is 19.9 Å². The summed E-state index contributed by atoms with van der Waals surface area (Å²) in [7, 11) is 0. The summed E-state index contributed by atoms with van der Waals surface area (Å²) < 4.78 is 0. The fourth-order valence-corrected chi connectivity index (χ4v) is 5.50. The second-order valence-corrected chi connectivity index (χ2v) is 10.8. The number of carbonyl (C=O) groups is 1. The molecule has 1 fully saturated rings. The highest BCUT2D eigenvalue weighted by Gasteiger charge is 2.28. The van der Waals surface area contributed by atoms with Crippen molar-refractivity contribution in [3.8, 4) is 11.4 Å². The van der Waals surface area contributed by atoms with Crippen LogP contribution in [-0.4, -0.2) is 71.3 Å². The first-order valence-corrected chi connectivity index (χ1v) is 14.0. The number of nitrogens with zero attached hydrogens (tertiary/aromatic N) is 4. The van der Waals surface area contributed by atoms with E-state index < -0.39 is 6.10 Å². The number of rotatable bonds is 8. The van der Waals surface area contributed by atoms with E-state index in [9.17, 15) is 9.90 Å². The van der Waals surface area contributed by atoms with Gasteiger partial charge in [0.25, 0.3) is 5.91 Å². The van der Waals surface area contributed by atoms with Crippen molar-refractivity contribution in [2.24, 2.45) is 0 Å². The van der Waals surface area contributed by atoms with Crippen LogP contribution in [0.3, 0.4) is 0 Å². The monoisotopic (exact) mass is 537 g/mol. The first-order chi connectivity index (χ1) is 19.3. The highest BCUT2D eigenvalue weighted by molar-refractivity contribution is 6.06. The third-order valence-corrected chi connectivity index (χ3v) is 7.94. The summed E-state index contributed by atoms with van der Waals surface area (Å²) >= 11 is 0. The van der Waals surface area contributed by atoms with E-state index in [-0.39, 0.29) is 12.5 Å². The van der Waals surface area contributed by atoms with Crippen LogP contribution in [0.4, 0.5) is 11.4 Å². The molecule has 5 rings (SSSR count). The minimum Gasteiger partial charge on any atom is -0.390 e. The summed E-state index contributed by atoms with van der Waals surface area (Å²) in [6.45, 7) is 12.4. The zero-order chi connectivity index (χ0) is 28.2. The molecule has 1 saturated heterocycles. The van der Waals surface area contributed by atoms with Crippen molar-refractivity contribution in [2.75, 3.05) is 49.1 Å². The molecule has 7 nitrogen and oxygen atoms in total. The molecular formula is C33H39N5O2. The van der Waals surface area contributed by atoms with Crippen molar-refractivity contribution >= 4 is 17.3 Å². The number of benzene rings is 3. The molecule has 0 aliphatic carbocycles. The molecule has 1 aliphatic rings. The third kappa shape index (κ3) is 5.96. The molecule has 0 saturated carbocycles. The van der Waals surface area contributed by atoms with Gasteiger partial charge >= 0.3 is 0 Å². The molecule has 1 atom stereocenters. The van der Waals surface area contributed by atoms with Crippen LogP contribution in [0.2, 0.25) is 0 Å². The van der Waals surface area contributed by atoms with E-state index in [4.69, 9.17) is 0 Å². The number of aliphatic hydroxyl groups is 1. The Balaban J connectivity index is 1.30. The van der Waals surface area contributed by atoms with Crippen LogP contribution in [0.25, 0.3) is 11.4 Å². The van der Waals surface area contributed by atoms with Gasteiger partial charge in [0.15, 0.2) is 0 Å². The fourth-order valence-electron chi connectivity index (χ4n) is 5.50. The number of H-pyrrole nitrogens is 1. The lowest BCUT2D eigenvalue weighted by Gasteiger charge is -2.38. The SMILES string of the molecule is Cc1ccccc1N(CC(O)CN1CCN(c2cccc(C)c2C)CC1)C(=O)c1nc(-c2ccccc2)[nH]c1C. The van der Waals surface area contributed by atoms with E-state index in [1.165, 1.54) is 16.8 Å². The lowest BCUT2D eigenvalue weighted by atomic mass is 10.1. The molecule has 1 aliphatic heterocycles. The maximum Gasteiger partial charge on any atom is 0.278 e. The van der Waals surface area contributed by atoms with Crippen LogP contribution in [0.5, 0.6) is 0 Å². The second-order valence-electron chi connectivity index (χ2n) is 10.8. The average molecular weight is 538 g/mol. The van der Waals surface area contributed by atoms with Crippen LogP contribution in [0.1, 0.15) is 32.9 Å². The van der Waals surface area contributed by atoms with Crippen molar-refractivity contribution in [1.82, 2.24) is 14.9 Å². The van der Waals surface area contributed by atoms with E-state index in [0.717, 1.165) is 43.0 Å². The number of β-amino-alcohol motifs (C(OH)–C–C–N with tert-alkyl or cyclic N) is 1. The van der Waals surface area contributed by atoms with Gasteiger partial charge in [-0.25, -0.2) is 4.98 Å². The average Bonchev–Trinajstić information content (AvgIpc) is 3.36. The highest BCUT2D eigenvalue weighted by atomic mass is 16.3. The Morgan fingerprint density at radius 3 is 2.30 bits per heavy atom. The number of nitrogens with one attached hydrogen (secondary N) is 1. The number of imidazole rings is 1. The van der Waals surface area contributed by atoms with Crippen molar-refractivity contribution in [1.29, 1.82) is 0 Å². The number of piperazine rings is 1. The minimum absolute atomic E-state index is 0.188. The number of hydrogen-bond acceptors (Lipinski definition) is 5. The largest absolute Gasteiger partial charge is 0.390 e. The van der Waals surface area contributed by atoms with Crippen LogP contribution in [0, 0.1) is 27.7 Å². The molecule has 208 valence electrons. The zero-order valence-corrected chi connectivity index (χ0v) is 23.9. The van der Waals surface area contributed by atoms with Crippen LogP contribution in [-0.2, 0) is 0 Å². The number of amides is 1. The van der Waals surface area contributed by atoms with E-state index >= 15 is 0 Å². The number of aromatic amines is 1. The normalized spacial score (nSPS) is 14.8. The highest BCUT2D eigenvalue weighted by Crippen LogP contribution is 2.26. The Kier molecular flexibility index (Phi) is 8.33. The van der Waals surface area contributed by atoms with Crippen molar-refractivity contribution in [3.63, 3.8) is 0 Å². The zero-order valence-electron chi connectivity index (χ0n) is 23.9. The molecule has 0 bridgehead atoms. The van der Waals surface area contributed by atoms with E-state index in [1.807, 2.05) is 68.4 Å². The number of hydrogen-bond donors (Lipinski definition) is 2. The predicted molar refractivity (Wildman–Crippen MR) is 162 cm³/mol. The van der Waals surface area contributed by atoms with Crippen LogP contribution in [0.15, 0.2) is 72.8 Å². The van der Waals surface area contributed by atoms with E-state index in [1.54, 1.807) is 4.90 Å². The molecule has 3 aromatic carbocycles. The number of aromatic nitrogens is 2. The Hall–Kier alpha value is -3.94. The summed E-state index contributed by atoms with van der Waals surface area (Å²) in [6, 6.07) is 24.1. The molecule has 7 heteroatoms. The number of carbonyl (C=O) groups excluding carboxylic acids is 1. The number of aryl methyl sites for hydroxylation is 3. The maximum absolute atomic E-state index is 14.0. The van der Waals surface area contributed by atoms with Gasteiger partial charge in [-0.2, -0.15) is 0 Å². The van der Waals surface area contributed by atoms with Crippen molar-refractivity contribution < 1.29 is 9.90 Å². The molecular weight excluding hydrogens is 498 g/mol. The molecule has 0 radical (unpaired) electrons. The number of anilines is 2. The topological polar surface area (TPSA) is 75.7 Å². The Labute approximate surface area is 237 Å². The smallest absolute Gasteiger partial charge is 0.278 e. The van der Waals surface area contributed by atoms with Gasteiger partial charge in [-0.3, -0.25) is 9.69 Å². The van der Waals surface area contributed by atoms with E-state index in [0.29, 0.717) is 23.8 Å². The van der Waals surface area contributed by atoms with Gasteiger partial charge in [0.1, 0.15) is 11.5 Å². The Morgan fingerprint density at radius 2 is 1.57 bits per heavy atom. The fraction of sp³-hybridized carbons (Fsp3) is 0.333. The summed E-state index contributed by atoms with van der Waals surface area (Å²) in [5, 5.41) is 11.3. The van der Waals surface area contributed by atoms with Crippen molar-refractivity contribution in [2.45, 2.75) is 33.8 Å². The molecule has 40 heavy (non-hydrogen) atoms. The van der Waals surface area contributed by atoms with Gasteiger partial charge in [-0.15, -0.1) is 0 Å². The van der Waals surface area contributed by atoms with Crippen LogP contribution < -0.4 is 9.80 Å². The van der Waals surface area contributed by atoms with Crippen LogP contribution >= 0.6 is 0 Å². The molecule has 2 heterocycles. The third-order valence-electron chi connectivity index (χ3n) is 7.94. The summed E-state index contributed by atoms with van der Waals surface area (Å²) in [4.78, 5) is 28.3. The number of para-hydroxylation sites is 1. The Morgan fingerprint density at radius 1 is 0.900 bits per heavy atom. The molecule has 2 N–H and O–H groups in total. The number of aliphatic hydroxyl groups excluding tert-OH is 1. The predicted octanol–water partition coefficient (Wildman–Crippen LogP) is 5.14. The maximum atomic E-state index is 14.0. The van der Waals surface area contributed by atoms with Gasteiger partial charge in [-0.05, 0) is 56.5 Å². The summed E-state index contributed by atoms with van der Waals surface area (Å²) in [5.74, 6) is 0.442. The summed E-state index contributed by atoms with van der Waals surface area (Å²) in [6.07, 6.45) is -0.705. The first kappa shape index (κ1) is 27.6. The van der Waals surface area contributed by atoms with Gasteiger partial charge in [0.05, 0.1) is 12.6 Å². The molecule has 1 amide bonds. The molecule has 1 unspecified atom stereocenters. The second kappa shape index (κ2) is 12.1. The molecule has 4 aromatic rings. The molecule has 1 aromatic heterocycles. The lowest BCUT2D eigenvalue weighted by Crippen LogP contribution is -2.50.